The number of hydrogen-bond acceptors (Lipinski definition) is 3. The first kappa shape index (κ1) is 13.8. The number of carbonyl (C=O) groups is 1. The molecule has 2 heterocycles. The highest BCUT2D eigenvalue weighted by Crippen LogP contribution is 2.14. The van der Waals surface area contributed by atoms with Crippen LogP contribution in [0.25, 0.3) is 10.9 Å². The highest BCUT2D eigenvalue weighted by molar-refractivity contribution is 5.95. The first-order valence-corrected chi connectivity index (χ1v) is 7.35. The number of nitrogens with zero attached hydrogens (tertiary/aromatic N) is 3. The van der Waals surface area contributed by atoms with Crippen molar-refractivity contribution in [3.63, 3.8) is 0 Å². The molecule has 1 amide bonds. The number of carbonyl (C=O) groups excluding carboxylic acids is 1. The van der Waals surface area contributed by atoms with Gasteiger partial charge in [-0.1, -0.05) is 11.6 Å². The van der Waals surface area contributed by atoms with Crippen LogP contribution in [0.4, 0.5) is 0 Å². The predicted molar refractivity (Wildman–Crippen MR) is 81.5 cm³/mol. The molecule has 0 saturated carbocycles. The van der Waals surface area contributed by atoms with Gasteiger partial charge in [0, 0.05) is 20.1 Å². The van der Waals surface area contributed by atoms with Crippen molar-refractivity contribution in [3.05, 3.63) is 39.7 Å². The summed E-state index contributed by atoms with van der Waals surface area (Å²) < 4.78 is 1.62. The summed E-state index contributed by atoms with van der Waals surface area (Å²) in [4.78, 5) is 26.9. The van der Waals surface area contributed by atoms with E-state index >= 15 is 0 Å². The molecule has 5 nitrogen and oxygen atoms in total. The number of aryl methyl sites for hydroxylation is 2. The van der Waals surface area contributed by atoms with Crippen LogP contribution in [-0.2, 0) is 7.05 Å². The van der Waals surface area contributed by atoms with Gasteiger partial charge in [0.25, 0.3) is 5.91 Å². The SMILES string of the molecule is Cc1ccc2c(c1)c(=O)c(C(=O)N1CCCCC1)nn2C. The molecule has 1 aromatic carbocycles. The number of hydrogen-bond donors (Lipinski definition) is 0. The van der Waals surface area contributed by atoms with Crippen LogP contribution in [0, 0.1) is 6.92 Å². The molecule has 1 saturated heterocycles. The van der Waals surface area contributed by atoms with Gasteiger partial charge in [0.05, 0.1) is 10.9 Å². The fourth-order valence-electron chi connectivity index (χ4n) is 2.88. The minimum atomic E-state index is -0.262. The summed E-state index contributed by atoms with van der Waals surface area (Å²) in [6, 6.07) is 5.64. The van der Waals surface area contributed by atoms with Gasteiger partial charge in [-0.25, -0.2) is 0 Å². The van der Waals surface area contributed by atoms with E-state index in [2.05, 4.69) is 5.10 Å². The summed E-state index contributed by atoms with van der Waals surface area (Å²) >= 11 is 0. The maximum Gasteiger partial charge on any atom is 0.278 e. The minimum absolute atomic E-state index is 0.0394. The fourth-order valence-corrected chi connectivity index (χ4v) is 2.88. The van der Waals surface area contributed by atoms with Crippen molar-refractivity contribution < 1.29 is 4.79 Å². The molecule has 1 aromatic heterocycles. The standard InChI is InChI=1S/C16H19N3O2/c1-11-6-7-13-12(10-11)15(20)14(17-18(13)2)16(21)19-8-4-3-5-9-19/h6-7,10H,3-5,8-9H2,1-2H3. The molecule has 0 unspecified atom stereocenters. The Kier molecular flexibility index (Phi) is 3.49. The summed E-state index contributed by atoms with van der Waals surface area (Å²) in [5, 5.41) is 4.78. The monoisotopic (exact) mass is 285 g/mol. The minimum Gasteiger partial charge on any atom is -0.337 e. The molecule has 0 radical (unpaired) electrons. The topological polar surface area (TPSA) is 55.2 Å². The molecule has 0 atom stereocenters. The van der Waals surface area contributed by atoms with Gasteiger partial charge in [-0.05, 0) is 38.3 Å². The van der Waals surface area contributed by atoms with Crippen molar-refractivity contribution >= 4 is 16.8 Å². The number of piperidine rings is 1. The van der Waals surface area contributed by atoms with E-state index in [1.165, 1.54) is 0 Å². The van der Waals surface area contributed by atoms with Crippen LogP contribution < -0.4 is 5.43 Å². The Morgan fingerprint density at radius 1 is 1.19 bits per heavy atom. The molecule has 1 fully saturated rings. The highest BCUT2D eigenvalue weighted by Gasteiger charge is 2.23. The molecule has 110 valence electrons. The second-order valence-corrected chi connectivity index (χ2v) is 5.67. The van der Waals surface area contributed by atoms with E-state index in [-0.39, 0.29) is 17.0 Å². The molecule has 1 aliphatic heterocycles. The van der Waals surface area contributed by atoms with Crippen LogP contribution in [0.3, 0.4) is 0 Å². The third kappa shape index (κ3) is 2.44. The molecule has 5 heteroatoms. The first-order valence-electron chi connectivity index (χ1n) is 7.35. The highest BCUT2D eigenvalue weighted by atomic mass is 16.2. The third-order valence-electron chi connectivity index (χ3n) is 4.06. The maximum absolute atomic E-state index is 12.6. The lowest BCUT2D eigenvalue weighted by atomic mass is 10.1. The number of likely N-dealkylation sites (tertiary alicyclic amines) is 1. The second kappa shape index (κ2) is 5.31. The molecule has 0 aliphatic carbocycles. The third-order valence-corrected chi connectivity index (χ3v) is 4.06. The molecular formula is C16H19N3O2. The Morgan fingerprint density at radius 3 is 2.62 bits per heavy atom. The molecule has 0 N–H and O–H groups in total. The predicted octanol–water partition coefficient (Wildman–Crippen LogP) is 1.87. The number of fused-ring (bicyclic) bond motifs is 1. The first-order chi connectivity index (χ1) is 10.1. The Morgan fingerprint density at radius 2 is 1.90 bits per heavy atom. The summed E-state index contributed by atoms with van der Waals surface area (Å²) in [5.74, 6) is -0.237. The van der Waals surface area contributed by atoms with Gasteiger partial charge in [-0.3, -0.25) is 14.3 Å². The van der Waals surface area contributed by atoms with Crippen LogP contribution >= 0.6 is 0 Å². The van der Waals surface area contributed by atoms with E-state index < -0.39 is 0 Å². The van der Waals surface area contributed by atoms with Crippen LogP contribution in [0.2, 0.25) is 0 Å². The normalized spacial score (nSPS) is 15.4. The van der Waals surface area contributed by atoms with Crippen molar-refractivity contribution in [2.75, 3.05) is 13.1 Å². The van der Waals surface area contributed by atoms with Gasteiger partial charge < -0.3 is 4.90 Å². The maximum atomic E-state index is 12.6. The van der Waals surface area contributed by atoms with E-state index in [1.54, 1.807) is 16.6 Å². The van der Waals surface area contributed by atoms with Crippen molar-refractivity contribution in [2.45, 2.75) is 26.2 Å². The summed E-state index contributed by atoms with van der Waals surface area (Å²) in [5.41, 5.74) is 1.53. The number of rotatable bonds is 1. The fraction of sp³-hybridized carbons (Fsp3) is 0.438. The van der Waals surface area contributed by atoms with Crippen molar-refractivity contribution in [2.24, 2.45) is 7.05 Å². The van der Waals surface area contributed by atoms with Crippen molar-refractivity contribution in [1.82, 2.24) is 14.7 Å². The van der Waals surface area contributed by atoms with Crippen molar-refractivity contribution in [3.8, 4) is 0 Å². The van der Waals surface area contributed by atoms with E-state index in [0.717, 1.165) is 43.4 Å². The molecule has 2 aromatic rings. The van der Waals surface area contributed by atoms with E-state index in [9.17, 15) is 9.59 Å². The van der Waals surface area contributed by atoms with Gasteiger partial charge in [0.15, 0.2) is 5.69 Å². The summed E-state index contributed by atoms with van der Waals surface area (Å²) in [6.45, 7) is 3.37. The number of amides is 1. The van der Waals surface area contributed by atoms with Crippen LogP contribution in [0.5, 0.6) is 0 Å². The molecule has 21 heavy (non-hydrogen) atoms. The molecule has 0 spiro atoms. The molecular weight excluding hydrogens is 266 g/mol. The molecule has 1 aliphatic rings. The van der Waals surface area contributed by atoms with Gasteiger partial charge in [-0.2, -0.15) is 5.10 Å². The van der Waals surface area contributed by atoms with Crippen LogP contribution in [0.15, 0.2) is 23.0 Å². The lowest BCUT2D eigenvalue weighted by Crippen LogP contribution is -2.39. The average Bonchev–Trinajstić information content (AvgIpc) is 2.51. The Hall–Kier alpha value is -2.17. The Bertz CT molecular complexity index is 758. The largest absolute Gasteiger partial charge is 0.337 e. The zero-order valence-electron chi connectivity index (χ0n) is 12.4. The van der Waals surface area contributed by atoms with Gasteiger partial charge in [0.2, 0.25) is 5.43 Å². The summed E-state index contributed by atoms with van der Waals surface area (Å²) in [7, 11) is 1.77. The smallest absolute Gasteiger partial charge is 0.278 e. The van der Waals surface area contributed by atoms with Crippen LogP contribution in [-0.4, -0.2) is 33.7 Å². The van der Waals surface area contributed by atoms with E-state index in [4.69, 9.17) is 0 Å². The van der Waals surface area contributed by atoms with E-state index in [0.29, 0.717) is 5.39 Å². The molecule has 3 rings (SSSR count). The number of aromatic nitrogens is 2. The lowest BCUT2D eigenvalue weighted by Gasteiger charge is -2.26. The lowest BCUT2D eigenvalue weighted by molar-refractivity contribution is 0.0715. The number of benzene rings is 1. The van der Waals surface area contributed by atoms with Gasteiger partial charge >= 0.3 is 0 Å². The Labute approximate surface area is 123 Å². The average molecular weight is 285 g/mol. The van der Waals surface area contributed by atoms with Gasteiger partial charge in [-0.15, -0.1) is 0 Å². The Balaban J connectivity index is 2.12. The zero-order valence-corrected chi connectivity index (χ0v) is 12.4. The molecule has 0 bridgehead atoms. The van der Waals surface area contributed by atoms with E-state index in [1.807, 2.05) is 25.1 Å². The van der Waals surface area contributed by atoms with Crippen LogP contribution in [0.1, 0.15) is 35.3 Å². The van der Waals surface area contributed by atoms with Crippen molar-refractivity contribution in [1.29, 1.82) is 0 Å². The quantitative estimate of drug-likeness (QED) is 0.803. The summed E-state index contributed by atoms with van der Waals surface area (Å²) in [6.07, 6.45) is 3.14. The zero-order chi connectivity index (χ0) is 15.0. The van der Waals surface area contributed by atoms with Gasteiger partial charge in [0.1, 0.15) is 0 Å². The second-order valence-electron chi connectivity index (χ2n) is 5.67.